The first kappa shape index (κ1) is 10.1. The molecule has 4 heteroatoms. The normalized spacial score (nSPS) is 12.8. The smallest absolute Gasteiger partial charge is 0.202 e. The van der Waals surface area contributed by atoms with Crippen LogP contribution < -0.4 is 5.32 Å². The lowest BCUT2D eigenvalue weighted by molar-refractivity contribution is 0.184. The SMILES string of the molecule is CCC(COC)Nc1nccn1C. The Kier molecular flexibility index (Phi) is 3.76. The van der Waals surface area contributed by atoms with Gasteiger partial charge in [-0.3, -0.25) is 0 Å². The molecule has 13 heavy (non-hydrogen) atoms. The molecule has 1 N–H and O–H groups in total. The van der Waals surface area contributed by atoms with Crippen LogP contribution in [0.25, 0.3) is 0 Å². The largest absolute Gasteiger partial charge is 0.383 e. The van der Waals surface area contributed by atoms with Crippen molar-refractivity contribution >= 4 is 5.95 Å². The Balaban J connectivity index is 2.51. The first-order chi connectivity index (χ1) is 6.27. The van der Waals surface area contributed by atoms with Crippen LogP contribution in [0.3, 0.4) is 0 Å². The van der Waals surface area contributed by atoms with E-state index in [1.807, 2.05) is 17.8 Å². The van der Waals surface area contributed by atoms with E-state index in [1.165, 1.54) is 0 Å². The highest BCUT2D eigenvalue weighted by Gasteiger charge is 2.07. The summed E-state index contributed by atoms with van der Waals surface area (Å²) in [6.07, 6.45) is 4.73. The minimum absolute atomic E-state index is 0.339. The Morgan fingerprint density at radius 2 is 2.46 bits per heavy atom. The summed E-state index contributed by atoms with van der Waals surface area (Å²) in [6.45, 7) is 2.84. The van der Waals surface area contributed by atoms with Crippen LogP contribution in [0.15, 0.2) is 12.4 Å². The number of nitrogens with zero attached hydrogens (tertiary/aromatic N) is 2. The Morgan fingerprint density at radius 3 is 2.92 bits per heavy atom. The zero-order chi connectivity index (χ0) is 9.68. The monoisotopic (exact) mass is 183 g/mol. The van der Waals surface area contributed by atoms with Gasteiger partial charge in [-0.25, -0.2) is 4.98 Å². The van der Waals surface area contributed by atoms with Gasteiger partial charge in [0.2, 0.25) is 5.95 Å². The summed E-state index contributed by atoms with van der Waals surface area (Å²) in [7, 11) is 3.68. The predicted octanol–water partition coefficient (Wildman–Crippen LogP) is 1.26. The van der Waals surface area contributed by atoms with Gasteiger partial charge >= 0.3 is 0 Å². The lowest BCUT2D eigenvalue weighted by Gasteiger charge is -2.16. The van der Waals surface area contributed by atoms with Gasteiger partial charge in [0.05, 0.1) is 12.6 Å². The van der Waals surface area contributed by atoms with Gasteiger partial charge in [0, 0.05) is 26.6 Å². The molecule has 1 rings (SSSR count). The molecule has 0 fully saturated rings. The molecule has 0 aliphatic heterocycles. The number of aryl methyl sites for hydroxylation is 1. The minimum atomic E-state index is 0.339. The molecule has 0 bridgehead atoms. The van der Waals surface area contributed by atoms with Crippen molar-refractivity contribution in [2.75, 3.05) is 19.0 Å². The van der Waals surface area contributed by atoms with Crippen molar-refractivity contribution in [3.63, 3.8) is 0 Å². The fourth-order valence-electron chi connectivity index (χ4n) is 1.15. The molecule has 0 aliphatic rings. The van der Waals surface area contributed by atoms with Crippen LogP contribution in [0.5, 0.6) is 0 Å². The van der Waals surface area contributed by atoms with E-state index in [4.69, 9.17) is 4.74 Å². The van der Waals surface area contributed by atoms with Gasteiger partial charge in [-0.05, 0) is 6.42 Å². The number of imidazole rings is 1. The molecule has 0 saturated heterocycles. The molecule has 1 atom stereocenters. The highest BCUT2D eigenvalue weighted by Crippen LogP contribution is 2.05. The molecule has 1 aromatic heterocycles. The standard InChI is InChI=1S/C9H17N3O/c1-4-8(7-13-3)11-9-10-5-6-12(9)2/h5-6,8H,4,7H2,1-3H3,(H,10,11). The summed E-state index contributed by atoms with van der Waals surface area (Å²) >= 11 is 0. The summed E-state index contributed by atoms with van der Waals surface area (Å²) in [5.74, 6) is 0.893. The summed E-state index contributed by atoms with van der Waals surface area (Å²) in [5.41, 5.74) is 0. The molecule has 0 radical (unpaired) electrons. The Morgan fingerprint density at radius 1 is 1.69 bits per heavy atom. The molecule has 1 aromatic rings. The average molecular weight is 183 g/mol. The molecule has 74 valence electrons. The fourth-order valence-corrected chi connectivity index (χ4v) is 1.15. The van der Waals surface area contributed by atoms with Crippen molar-refractivity contribution in [1.29, 1.82) is 0 Å². The highest BCUT2D eigenvalue weighted by atomic mass is 16.5. The van der Waals surface area contributed by atoms with E-state index in [0.717, 1.165) is 12.4 Å². The molecule has 0 aliphatic carbocycles. The molecule has 0 saturated carbocycles. The van der Waals surface area contributed by atoms with E-state index in [1.54, 1.807) is 13.3 Å². The van der Waals surface area contributed by atoms with E-state index in [9.17, 15) is 0 Å². The van der Waals surface area contributed by atoms with Crippen molar-refractivity contribution in [1.82, 2.24) is 9.55 Å². The van der Waals surface area contributed by atoms with Crippen LogP contribution in [-0.4, -0.2) is 29.3 Å². The number of hydrogen-bond acceptors (Lipinski definition) is 3. The van der Waals surface area contributed by atoms with Gasteiger partial charge < -0.3 is 14.6 Å². The van der Waals surface area contributed by atoms with Gasteiger partial charge in [0.15, 0.2) is 0 Å². The summed E-state index contributed by atoms with van der Waals surface area (Å²) in [4.78, 5) is 4.18. The zero-order valence-corrected chi connectivity index (χ0v) is 8.45. The van der Waals surface area contributed by atoms with Crippen molar-refractivity contribution in [2.24, 2.45) is 7.05 Å². The maximum atomic E-state index is 5.08. The van der Waals surface area contributed by atoms with E-state index < -0.39 is 0 Å². The molecule has 0 aromatic carbocycles. The quantitative estimate of drug-likeness (QED) is 0.747. The third-order valence-electron chi connectivity index (χ3n) is 2.02. The molecule has 4 nitrogen and oxygen atoms in total. The van der Waals surface area contributed by atoms with Gasteiger partial charge in [-0.1, -0.05) is 6.92 Å². The third kappa shape index (κ3) is 2.73. The number of nitrogens with one attached hydrogen (secondary N) is 1. The van der Waals surface area contributed by atoms with Crippen molar-refractivity contribution in [2.45, 2.75) is 19.4 Å². The fraction of sp³-hybridized carbons (Fsp3) is 0.667. The van der Waals surface area contributed by atoms with Crippen LogP contribution in [0.2, 0.25) is 0 Å². The maximum absolute atomic E-state index is 5.08. The number of anilines is 1. The van der Waals surface area contributed by atoms with Crippen LogP contribution in [0.1, 0.15) is 13.3 Å². The van der Waals surface area contributed by atoms with E-state index >= 15 is 0 Å². The van der Waals surface area contributed by atoms with Crippen LogP contribution in [-0.2, 0) is 11.8 Å². The van der Waals surface area contributed by atoms with Crippen LogP contribution in [0.4, 0.5) is 5.95 Å². The van der Waals surface area contributed by atoms with E-state index in [2.05, 4.69) is 17.2 Å². The van der Waals surface area contributed by atoms with Gasteiger partial charge in [-0.15, -0.1) is 0 Å². The van der Waals surface area contributed by atoms with Crippen LogP contribution >= 0.6 is 0 Å². The van der Waals surface area contributed by atoms with E-state index in [-0.39, 0.29) is 0 Å². The first-order valence-corrected chi connectivity index (χ1v) is 4.50. The summed E-state index contributed by atoms with van der Waals surface area (Å²) in [6, 6.07) is 0.339. The zero-order valence-electron chi connectivity index (χ0n) is 8.45. The molecule has 1 heterocycles. The number of hydrogen-bond donors (Lipinski definition) is 1. The molecular weight excluding hydrogens is 166 g/mol. The topological polar surface area (TPSA) is 39.1 Å². The Bertz CT molecular complexity index is 247. The van der Waals surface area contributed by atoms with Crippen molar-refractivity contribution in [3.8, 4) is 0 Å². The number of ether oxygens (including phenoxy) is 1. The number of rotatable bonds is 5. The molecule has 0 amide bonds. The van der Waals surface area contributed by atoms with Gasteiger partial charge in [0.25, 0.3) is 0 Å². The Labute approximate surface area is 78.9 Å². The lowest BCUT2D eigenvalue weighted by atomic mass is 10.2. The molecule has 0 spiro atoms. The highest BCUT2D eigenvalue weighted by molar-refractivity contribution is 5.26. The van der Waals surface area contributed by atoms with Gasteiger partial charge in [0.1, 0.15) is 0 Å². The van der Waals surface area contributed by atoms with Crippen molar-refractivity contribution < 1.29 is 4.74 Å². The maximum Gasteiger partial charge on any atom is 0.202 e. The van der Waals surface area contributed by atoms with E-state index in [0.29, 0.717) is 12.6 Å². The summed E-state index contributed by atoms with van der Waals surface area (Å²) < 4.78 is 7.04. The van der Waals surface area contributed by atoms with Crippen LogP contribution in [0, 0.1) is 0 Å². The molecular formula is C9H17N3O. The number of methoxy groups -OCH3 is 1. The third-order valence-corrected chi connectivity index (χ3v) is 2.02. The lowest BCUT2D eigenvalue weighted by Crippen LogP contribution is -2.25. The molecule has 1 unspecified atom stereocenters. The Hall–Kier alpha value is -1.03. The second kappa shape index (κ2) is 4.87. The number of aromatic nitrogens is 2. The second-order valence-electron chi connectivity index (χ2n) is 3.07. The summed E-state index contributed by atoms with van der Waals surface area (Å²) in [5, 5.41) is 3.30. The first-order valence-electron chi connectivity index (χ1n) is 4.50. The average Bonchev–Trinajstić information content (AvgIpc) is 2.51. The van der Waals surface area contributed by atoms with Gasteiger partial charge in [-0.2, -0.15) is 0 Å². The predicted molar refractivity (Wildman–Crippen MR) is 52.8 cm³/mol. The second-order valence-corrected chi connectivity index (χ2v) is 3.07. The van der Waals surface area contributed by atoms with Crippen molar-refractivity contribution in [3.05, 3.63) is 12.4 Å². The minimum Gasteiger partial charge on any atom is -0.383 e.